The lowest BCUT2D eigenvalue weighted by molar-refractivity contribution is -0.141. The third kappa shape index (κ3) is 4.16. The predicted octanol–water partition coefficient (Wildman–Crippen LogP) is 6.50. The van der Waals surface area contributed by atoms with Crippen molar-refractivity contribution in [2.45, 2.75) is 64.3 Å². The van der Waals surface area contributed by atoms with Crippen molar-refractivity contribution in [1.29, 1.82) is 0 Å². The number of hydrogen-bond donors (Lipinski definition) is 2. The lowest BCUT2D eigenvalue weighted by Gasteiger charge is -2.58. The summed E-state index contributed by atoms with van der Waals surface area (Å²) in [5.41, 5.74) is -3.97. The monoisotopic (exact) mass is 526 g/mol. The Morgan fingerprint density at radius 2 is 1.76 bits per heavy atom. The van der Waals surface area contributed by atoms with Crippen molar-refractivity contribution in [1.82, 2.24) is 5.32 Å². The van der Waals surface area contributed by atoms with Crippen molar-refractivity contribution in [2.24, 2.45) is 28.6 Å². The fourth-order valence-electron chi connectivity index (χ4n) is 7.51. The number of rotatable bonds is 2. The molecule has 4 aliphatic rings. The first-order chi connectivity index (χ1) is 17.1. The van der Waals surface area contributed by atoms with Gasteiger partial charge >= 0.3 is 12.4 Å². The van der Waals surface area contributed by atoms with Gasteiger partial charge in [-0.15, -0.1) is 0 Å². The summed E-state index contributed by atoms with van der Waals surface area (Å²) in [5.74, 6) is -0.286. The number of carbonyl (C=O) groups is 2. The Hall–Kier alpha value is -2.78. The van der Waals surface area contributed by atoms with Gasteiger partial charge in [-0.2, -0.15) is 26.3 Å². The summed E-state index contributed by atoms with van der Waals surface area (Å²) in [6, 6.07) is 1.10. The molecule has 1 aromatic rings. The molecule has 1 aliphatic heterocycles. The first-order valence-corrected chi connectivity index (χ1v) is 12.4. The number of anilines is 1. The highest BCUT2D eigenvalue weighted by Gasteiger charge is 2.58. The van der Waals surface area contributed by atoms with E-state index in [2.05, 4.69) is 17.6 Å². The standard InChI is InChI=1S/C27H28F6N2O2/c1-24-11-9-17-15(4-8-21-25(17,2)12-10-22(36)35-21)16(24)6-7-19(24)23(37)34-20-13-14(26(28,29)30)3-5-18(20)27(31,32)33/h3,5,7,10,12-13,15-17,21H,4,6,8-9,11H2,1-2H3,(H,34,37)(H,35,36). The fourth-order valence-corrected chi connectivity index (χ4v) is 7.51. The Morgan fingerprint density at radius 1 is 1.03 bits per heavy atom. The summed E-state index contributed by atoms with van der Waals surface area (Å²) in [6.07, 6.45) is -0.850. The zero-order chi connectivity index (χ0) is 27.0. The van der Waals surface area contributed by atoms with E-state index in [0.29, 0.717) is 36.6 Å². The van der Waals surface area contributed by atoms with Gasteiger partial charge in [-0.3, -0.25) is 9.59 Å². The Kier molecular flexibility index (Phi) is 5.84. The van der Waals surface area contributed by atoms with Gasteiger partial charge in [0, 0.05) is 22.4 Å². The summed E-state index contributed by atoms with van der Waals surface area (Å²) in [5, 5.41) is 5.25. The van der Waals surface area contributed by atoms with Gasteiger partial charge in [0.2, 0.25) is 5.91 Å². The second-order valence-electron chi connectivity index (χ2n) is 11.2. The number of allylic oxidation sites excluding steroid dienone is 1. The molecule has 0 spiro atoms. The summed E-state index contributed by atoms with van der Waals surface area (Å²) in [7, 11) is 0. The Morgan fingerprint density at radius 3 is 2.43 bits per heavy atom. The van der Waals surface area contributed by atoms with Crippen LogP contribution in [-0.2, 0) is 21.9 Å². The molecular formula is C27H28F6N2O2. The van der Waals surface area contributed by atoms with Crippen LogP contribution in [0.4, 0.5) is 32.0 Å². The molecule has 2 N–H and O–H groups in total. The average Bonchev–Trinajstić information content (AvgIpc) is 3.15. The van der Waals surface area contributed by atoms with E-state index in [-0.39, 0.29) is 35.1 Å². The van der Waals surface area contributed by atoms with Crippen LogP contribution in [0.15, 0.2) is 42.0 Å². The van der Waals surface area contributed by atoms with Crippen molar-refractivity contribution >= 4 is 17.5 Å². The van der Waals surface area contributed by atoms with Crippen molar-refractivity contribution < 1.29 is 35.9 Å². The second-order valence-corrected chi connectivity index (χ2v) is 11.2. The SMILES string of the molecule is CC12CCC3C(CCC4NC(=O)C=CC43C)C1CC=C2C(=O)Nc1cc(C(F)(F)F)ccc1C(F)(F)F. The van der Waals surface area contributed by atoms with E-state index in [9.17, 15) is 35.9 Å². The summed E-state index contributed by atoms with van der Waals surface area (Å²) < 4.78 is 80.3. The maximum absolute atomic E-state index is 13.6. The average molecular weight is 527 g/mol. The van der Waals surface area contributed by atoms with E-state index in [0.717, 1.165) is 19.3 Å². The molecule has 0 radical (unpaired) electrons. The van der Waals surface area contributed by atoms with Gasteiger partial charge in [0.05, 0.1) is 16.8 Å². The fraction of sp³-hybridized carbons (Fsp3) is 0.556. The molecule has 5 rings (SSSR count). The molecule has 10 heteroatoms. The van der Waals surface area contributed by atoms with Gasteiger partial charge in [-0.25, -0.2) is 0 Å². The molecule has 0 bridgehead atoms. The zero-order valence-corrected chi connectivity index (χ0v) is 20.4. The molecule has 6 unspecified atom stereocenters. The topological polar surface area (TPSA) is 58.2 Å². The number of alkyl halides is 6. The van der Waals surface area contributed by atoms with E-state index < -0.39 is 40.5 Å². The van der Waals surface area contributed by atoms with Crippen LogP contribution in [0.3, 0.4) is 0 Å². The molecule has 2 saturated carbocycles. The summed E-state index contributed by atoms with van der Waals surface area (Å²) in [4.78, 5) is 25.2. The predicted molar refractivity (Wildman–Crippen MR) is 124 cm³/mol. The Balaban J connectivity index is 1.41. The minimum Gasteiger partial charge on any atom is -0.349 e. The molecular weight excluding hydrogens is 498 g/mol. The molecule has 3 aliphatic carbocycles. The number of carbonyl (C=O) groups excluding carboxylic acids is 2. The van der Waals surface area contributed by atoms with Crippen LogP contribution in [0.5, 0.6) is 0 Å². The van der Waals surface area contributed by atoms with Crippen LogP contribution in [0.2, 0.25) is 0 Å². The lowest BCUT2D eigenvalue weighted by Crippen LogP contribution is -2.59. The van der Waals surface area contributed by atoms with Gasteiger partial charge in [0.1, 0.15) is 0 Å². The molecule has 0 saturated heterocycles. The zero-order valence-electron chi connectivity index (χ0n) is 20.4. The number of nitrogens with one attached hydrogen (secondary N) is 2. The number of benzene rings is 1. The van der Waals surface area contributed by atoms with E-state index >= 15 is 0 Å². The Bertz CT molecular complexity index is 1200. The molecule has 2 fully saturated rings. The number of fused-ring (bicyclic) bond motifs is 5. The largest absolute Gasteiger partial charge is 0.418 e. The smallest absolute Gasteiger partial charge is 0.349 e. The van der Waals surface area contributed by atoms with Crippen molar-refractivity contribution in [2.75, 3.05) is 5.32 Å². The molecule has 6 atom stereocenters. The number of hydrogen-bond acceptors (Lipinski definition) is 2. The first kappa shape index (κ1) is 25.9. The minimum atomic E-state index is -4.93. The summed E-state index contributed by atoms with van der Waals surface area (Å²) >= 11 is 0. The molecule has 4 nitrogen and oxygen atoms in total. The maximum Gasteiger partial charge on any atom is 0.418 e. The van der Waals surface area contributed by atoms with Crippen LogP contribution in [0.25, 0.3) is 0 Å². The molecule has 37 heavy (non-hydrogen) atoms. The highest BCUT2D eigenvalue weighted by Crippen LogP contribution is 2.63. The van der Waals surface area contributed by atoms with Crippen molar-refractivity contribution in [3.63, 3.8) is 0 Å². The molecule has 200 valence electrons. The molecule has 0 aromatic heterocycles. The third-order valence-corrected chi connectivity index (χ3v) is 9.41. The highest BCUT2D eigenvalue weighted by molar-refractivity contribution is 6.05. The quantitative estimate of drug-likeness (QED) is 0.433. The minimum absolute atomic E-state index is 0.0365. The van der Waals surface area contributed by atoms with Gasteiger partial charge in [0.25, 0.3) is 5.91 Å². The van der Waals surface area contributed by atoms with E-state index in [1.807, 2.05) is 13.0 Å². The van der Waals surface area contributed by atoms with Crippen LogP contribution >= 0.6 is 0 Å². The van der Waals surface area contributed by atoms with E-state index in [4.69, 9.17) is 0 Å². The van der Waals surface area contributed by atoms with Crippen LogP contribution < -0.4 is 10.6 Å². The van der Waals surface area contributed by atoms with Crippen LogP contribution in [-0.4, -0.2) is 17.9 Å². The number of halogens is 6. The first-order valence-electron chi connectivity index (χ1n) is 12.4. The van der Waals surface area contributed by atoms with Crippen molar-refractivity contribution in [3.05, 3.63) is 53.1 Å². The maximum atomic E-state index is 13.6. The van der Waals surface area contributed by atoms with Crippen molar-refractivity contribution in [3.8, 4) is 0 Å². The lowest BCUT2D eigenvalue weighted by atomic mass is 9.48. The second kappa shape index (κ2) is 8.36. The Labute approximate surface area is 210 Å². The van der Waals surface area contributed by atoms with E-state index in [1.165, 1.54) is 0 Å². The number of amides is 2. The van der Waals surface area contributed by atoms with Crippen LogP contribution in [0.1, 0.15) is 57.1 Å². The molecule has 1 heterocycles. The highest BCUT2D eigenvalue weighted by atomic mass is 19.4. The third-order valence-electron chi connectivity index (χ3n) is 9.41. The molecule has 1 aromatic carbocycles. The molecule has 2 amide bonds. The summed E-state index contributed by atoms with van der Waals surface area (Å²) in [6.45, 7) is 4.09. The van der Waals surface area contributed by atoms with E-state index in [1.54, 1.807) is 12.2 Å². The van der Waals surface area contributed by atoms with Gasteiger partial charge in [-0.1, -0.05) is 26.0 Å². The van der Waals surface area contributed by atoms with Gasteiger partial charge < -0.3 is 10.6 Å². The normalized spacial score (nSPS) is 35.1. The van der Waals surface area contributed by atoms with Gasteiger partial charge in [0.15, 0.2) is 0 Å². The van der Waals surface area contributed by atoms with Crippen LogP contribution in [0, 0.1) is 28.6 Å². The van der Waals surface area contributed by atoms with Gasteiger partial charge in [-0.05, 0) is 74.1 Å².